The summed E-state index contributed by atoms with van der Waals surface area (Å²) in [5, 5.41) is 0. The van der Waals surface area contributed by atoms with Crippen LogP contribution < -0.4 is 5.73 Å². The number of piperidine rings is 1. The van der Waals surface area contributed by atoms with E-state index in [1.807, 2.05) is 0 Å². The Labute approximate surface area is 124 Å². The molecule has 118 valence electrons. The van der Waals surface area contributed by atoms with Crippen LogP contribution in [0.1, 0.15) is 46.5 Å². The monoisotopic (exact) mass is 284 g/mol. The second-order valence-electron chi connectivity index (χ2n) is 6.70. The maximum atomic E-state index is 6.21. The summed E-state index contributed by atoms with van der Waals surface area (Å²) in [6, 6.07) is 0. The summed E-state index contributed by atoms with van der Waals surface area (Å²) in [4.78, 5) is 2.61. The highest BCUT2D eigenvalue weighted by Gasteiger charge is 2.43. The van der Waals surface area contributed by atoms with Gasteiger partial charge in [0.25, 0.3) is 0 Å². The summed E-state index contributed by atoms with van der Waals surface area (Å²) in [6.07, 6.45) is 5.28. The van der Waals surface area contributed by atoms with Gasteiger partial charge in [-0.25, -0.2) is 0 Å². The fourth-order valence-corrected chi connectivity index (χ4v) is 3.71. The van der Waals surface area contributed by atoms with E-state index in [1.54, 1.807) is 0 Å². The van der Waals surface area contributed by atoms with Crippen LogP contribution in [0.3, 0.4) is 0 Å². The van der Waals surface area contributed by atoms with Crippen LogP contribution in [0.4, 0.5) is 0 Å². The molecule has 0 amide bonds. The molecule has 0 bridgehead atoms. The van der Waals surface area contributed by atoms with Crippen molar-refractivity contribution in [3.63, 3.8) is 0 Å². The van der Waals surface area contributed by atoms with Gasteiger partial charge in [0, 0.05) is 31.8 Å². The van der Waals surface area contributed by atoms with Gasteiger partial charge in [-0.05, 0) is 45.1 Å². The van der Waals surface area contributed by atoms with E-state index in [2.05, 4.69) is 25.7 Å². The predicted molar refractivity (Wildman–Crippen MR) is 81.8 cm³/mol. The number of hydrogen-bond donors (Lipinski definition) is 1. The molecule has 2 saturated heterocycles. The van der Waals surface area contributed by atoms with Gasteiger partial charge in [0.2, 0.25) is 0 Å². The fraction of sp³-hybridized carbons (Fsp3) is 1.00. The first kappa shape index (κ1) is 16.2. The lowest BCUT2D eigenvalue weighted by Crippen LogP contribution is -2.62. The number of rotatable bonds is 5. The summed E-state index contributed by atoms with van der Waals surface area (Å²) in [6.45, 7) is 11.2. The fourth-order valence-electron chi connectivity index (χ4n) is 3.71. The standard InChI is InChI=1S/C16H32N2O2/c1-4-19-14-6-5-8-18(11-14)16(12-17)7-9-20-15(10-16)13(2)3/h13-15H,4-12,17H2,1-3H3. The summed E-state index contributed by atoms with van der Waals surface area (Å²) >= 11 is 0. The molecule has 2 heterocycles. The third-order valence-corrected chi connectivity index (χ3v) is 5.06. The Morgan fingerprint density at radius 1 is 1.45 bits per heavy atom. The van der Waals surface area contributed by atoms with Gasteiger partial charge in [0.1, 0.15) is 0 Å². The number of ether oxygens (including phenoxy) is 2. The number of hydrogen-bond acceptors (Lipinski definition) is 4. The Bertz CT molecular complexity index is 296. The minimum Gasteiger partial charge on any atom is -0.378 e. The highest BCUT2D eigenvalue weighted by molar-refractivity contribution is 4.98. The van der Waals surface area contributed by atoms with Crippen molar-refractivity contribution in [1.82, 2.24) is 4.90 Å². The van der Waals surface area contributed by atoms with E-state index in [-0.39, 0.29) is 5.54 Å². The first-order valence-electron chi connectivity index (χ1n) is 8.29. The van der Waals surface area contributed by atoms with E-state index in [1.165, 1.54) is 12.8 Å². The molecule has 2 N–H and O–H groups in total. The van der Waals surface area contributed by atoms with E-state index >= 15 is 0 Å². The first-order valence-corrected chi connectivity index (χ1v) is 8.29. The zero-order valence-electron chi connectivity index (χ0n) is 13.4. The number of nitrogens with zero attached hydrogens (tertiary/aromatic N) is 1. The van der Waals surface area contributed by atoms with Crippen molar-refractivity contribution in [1.29, 1.82) is 0 Å². The SMILES string of the molecule is CCOC1CCCN(C2(CN)CCOC(C(C)C)C2)C1. The Morgan fingerprint density at radius 2 is 2.25 bits per heavy atom. The van der Waals surface area contributed by atoms with Crippen LogP contribution in [0.15, 0.2) is 0 Å². The normalized spacial score (nSPS) is 36.5. The van der Waals surface area contributed by atoms with Crippen LogP contribution in [-0.4, -0.2) is 55.5 Å². The molecular formula is C16H32N2O2. The molecule has 0 aromatic rings. The van der Waals surface area contributed by atoms with Crippen LogP contribution >= 0.6 is 0 Å². The summed E-state index contributed by atoms with van der Waals surface area (Å²) < 4.78 is 11.8. The molecule has 0 aliphatic carbocycles. The minimum atomic E-state index is 0.128. The molecule has 0 saturated carbocycles. The zero-order valence-corrected chi connectivity index (χ0v) is 13.4. The average Bonchev–Trinajstić information content (AvgIpc) is 2.48. The third kappa shape index (κ3) is 3.53. The molecule has 4 nitrogen and oxygen atoms in total. The van der Waals surface area contributed by atoms with Crippen molar-refractivity contribution in [2.45, 2.75) is 64.2 Å². The van der Waals surface area contributed by atoms with Gasteiger partial charge >= 0.3 is 0 Å². The van der Waals surface area contributed by atoms with Crippen LogP contribution in [0.25, 0.3) is 0 Å². The number of nitrogens with two attached hydrogens (primary N) is 1. The number of likely N-dealkylation sites (tertiary alicyclic amines) is 1. The molecule has 3 atom stereocenters. The zero-order chi connectivity index (χ0) is 14.6. The van der Waals surface area contributed by atoms with E-state index in [9.17, 15) is 0 Å². The van der Waals surface area contributed by atoms with Crippen molar-refractivity contribution in [3.8, 4) is 0 Å². The van der Waals surface area contributed by atoms with E-state index in [4.69, 9.17) is 15.2 Å². The highest BCUT2D eigenvalue weighted by Crippen LogP contribution is 2.35. The van der Waals surface area contributed by atoms with Gasteiger partial charge in [-0.2, -0.15) is 0 Å². The molecule has 2 rings (SSSR count). The maximum Gasteiger partial charge on any atom is 0.0702 e. The molecular weight excluding hydrogens is 252 g/mol. The second-order valence-corrected chi connectivity index (χ2v) is 6.70. The smallest absolute Gasteiger partial charge is 0.0702 e. The first-order chi connectivity index (χ1) is 9.61. The molecule has 0 aromatic carbocycles. The predicted octanol–water partition coefficient (Wildman–Crippen LogP) is 2.02. The quantitative estimate of drug-likeness (QED) is 0.839. The lowest BCUT2D eigenvalue weighted by Gasteiger charge is -2.51. The topological polar surface area (TPSA) is 47.7 Å². The summed E-state index contributed by atoms with van der Waals surface area (Å²) in [5.74, 6) is 0.564. The molecule has 20 heavy (non-hydrogen) atoms. The molecule has 4 heteroatoms. The second kappa shape index (κ2) is 7.21. The lowest BCUT2D eigenvalue weighted by atomic mass is 9.80. The van der Waals surface area contributed by atoms with Gasteiger partial charge in [-0.3, -0.25) is 4.90 Å². The van der Waals surface area contributed by atoms with Crippen LogP contribution in [0.5, 0.6) is 0 Å². The van der Waals surface area contributed by atoms with Crippen molar-refractivity contribution >= 4 is 0 Å². The van der Waals surface area contributed by atoms with Crippen LogP contribution in [0.2, 0.25) is 0 Å². The van der Waals surface area contributed by atoms with Gasteiger partial charge in [-0.1, -0.05) is 13.8 Å². The van der Waals surface area contributed by atoms with Gasteiger partial charge in [0.05, 0.1) is 12.2 Å². The molecule has 2 aliphatic rings. The largest absolute Gasteiger partial charge is 0.378 e. The Kier molecular flexibility index (Phi) is 5.84. The van der Waals surface area contributed by atoms with Crippen molar-refractivity contribution in [2.24, 2.45) is 11.7 Å². The molecule has 2 fully saturated rings. The highest BCUT2D eigenvalue weighted by atomic mass is 16.5. The van der Waals surface area contributed by atoms with Crippen molar-refractivity contribution in [3.05, 3.63) is 0 Å². The van der Waals surface area contributed by atoms with Crippen LogP contribution in [-0.2, 0) is 9.47 Å². The van der Waals surface area contributed by atoms with Gasteiger partial charge in [-0.15, -0.1) is 0 Å². The Hall–Kier alpha value is -0.160. The summed E-state index contributed by atoms with van der Waals surface area (Å²) in [7, 11) is 0. The van der Waals surface area contributed by atoms with E-state index in [0.29, 0.717) is 18.1 Å². The van der Waals surface area contributed by atoms with Crippen LogP contribution in [0, 0.1) is 5.92 Å². The molecule has 2 aliphatic heterocycles. The van der Waals surface area contributed by atoms with Crippen molar-refractivity contribution in [2.75, 3.05) is 32.8 Å². The maximum absolute atomic E-state index is 6.21. The molecule has 0 spiro atoms. The van der Waals surface area contributed by atoms with Crippen molar-refractivity contribution < 1.29 is 9.47 Å². The molecule has 0 aromatic heterocycles. The minimum absolute atomic E-state index is 0.128. The Morgan fingerprint density at radius 3 is 2.90 bits per heavy atom. The third-order valence-electron chi connectivity index (χ3n) is 5.06. The molecule has 0 radical (unpaired) electrons. The Balaban J connectivity index is 2.05. The summed E-state index contributed by atoms with van der Waals surface area (Å²) in [5.41, 5.74) is 6.34. The van der Waals surface area contributed by atoms with E-state index in [0.717, 1.165) is 45.7 Å². The average molecular weight is 284 g/mol. The lowest BCUT2D eigenvalue weighted by molar-refractivity contribution is -0.108. The van der Waals surface area contributed by atoms with Gasteiger partial charge in [0.15, 0.2) is 0 Å². The molecule has 3 unspecified atom stereocenters. The van der Waals surface area contributed by atoms with Gasteiger partial charge < -0.3 is 15.2 Å². The van der Waals surface area contributed by atoms with E-state index < -0.39 is 0 Å².